The minimum atomic E-state index is -0.866. The average Bonchev–Trinajstić information content (AvgIpc) is 2.35. The molecule has 1 saturated heterocycles. The van der Waals surface area contributed by atoms with Gasteiger partial charge in [0.05, 0.1) is 6.04 Å². The van der Waals surface area contributed by atoms with Crippen molar-refractivity contribution in [2.24, 2.45) is 0 Å². The molecule has 18 heavy (non-hydrogen) atoms. The van der Waals surface area contributed by atoms with Crippen LogP contribution in [0.3, 0.4) is 0 Å². The quantitative estimate of drug-likeness (QED) is 0.865. The summed E-state index contributed by atoms with van der Waals surface area (Å²) in [4.78, 5) is 11.6. The second kappa shape index (κ2) is 5.44. The molecule has 0 bridgehead atoms. The number of carbonyl (C=O) groups excluding carboxylic acids is 1. The lowest BCUT2D eigenvalue weighted by Gasteiger charge is -2.26. The van der Waals surface area contributed by atoms with Gasteiger partial charge in [0, 0.05) is 12.6 Å². The van der Waals surface area contributed by atoms with Gasteiger partial charge >= 0.3 is 0 Å². The summed E-state index contributed by atoms with van der Waals surface area (Å²) in [7, 11) is 0. The molecular formula is C13H16F2N2O. The Bertz CT molecular complexity index is 451. The number of piperidine rings is 1. The molecule has 98 valence electrons. The van der Waals surface area contributed by atoms with Crippen LogP contribution < -0.4 is 10.6 Å². The Kier molecular flexibility index (Phi) is 3.91. The van der Waals surface area contributed by atoms with Gasteiger partial charge in [0.2, 0.25) is 5.91 Å². The monoisotopic (exact) mass is 254 g/mol. The highest BCUT2D eigenvalue weighted by Crippen LogP contribution is 2.17. The van der Waals surface area contributed by atoms with E-state index in [2.05, 4.69) is 10.6 Å². The zero-order valence-electron chi connectivity index (χ0n) is 10.2. The van der Waals surface area contributed by atoms with Gasteiger partial charge in [0.15, 0.2) is 11.6 Å². The number of carbonyl (C=O) groups is 1. The highest BCUT2D eigenvalue weighted by Gasteiger charge is 2.23. The maximum atomic E-state index is 13.1. The summed E-state index contributed by atoms with van der Waals surface area (Å²) in [5, 5.41) is 5.90. The second-order valence-electron chi connectivity index (χ2n) is 4.55. The predicted octanol–water partition coefficient (Wildman–Crippen LogP) is 1.89. The summed E-state index contributed by atoms with van der Waals surface area (Å²) in [5.41, 5.74) is 0.632. The fraction of sp³-hybridized carbons (Fsp3) is 0.462. The van der Waals surface area contributed by atoms with Gasteiger partial charge in [-0.05, 0) is 37.5 Å². The van der Waals surface area contributed by atoms with E-state index in [-0.39, 0.29) is 18.0 Å². The SMILES string of the molecule is CC(NC1CCCNC1=O)c1ccc(F)c(F)c1. The molecule has 2 unspecified atom stereocenters. The summed E-state index contributed by atoms with van der Waals surface area (Å²) in [5.74, 6) is -1.76. The van der Waals surface area contributed by atoms with E-state index in [0.717, 1.165) is 25.0 Å². The molecule has 2 N–H and O–H groups in total. The van der Waals surface area contributed by atoms with Crippen LogP contribution in [0.15, 0.2) is 18.2 Å². The van der Waals surface area contributed by atoms with E-state index in [9.17, 15) is 13.6 Å². The van der Waals surface area contributed by atoms with E-state index in [4.69, 9.17) is 0 Å². The minimum absolute atomic E-state index is 0.0318. The van der Waals surface area contributed by atoms with Gasteiger partial charge in [0.25, 0.3) is 0 Å². The summed E-state index contributed by atoms with van der Waals surface area (Å²) in [6.45, 7) is 2.53. The van der Waals surface area contributed by atoms with Gasteiger partial charge in [-0.1, -0.05) is 6.07 Å². The molecule has 0 radical (unpaired) electrons. The van der Waals surface area contributed by atoms with Gasteiger partial charge in [0.1, 0.15) is 0 Å². The molecule has 3 nitrogen and oxygen atoms in total. The van der Waals surface area contributed by atoms with Crippen molar-refractivity contribution in [1.82, 2.24) is 10.6 Å². The van der Waals surface area contributed by atoms with E-state index in [1.807, 2.05) is 6.92 Å². The maximum absolute atomic E-state index is 13.1. The molecule has 0 aliphatic carbocycles. The van der Waals surface area contributed by atoms with E-state index >= 15 is 0 Å². The lowest BCUT2D eigenvalue weighted by atomic mass is 10.0. The van der Waals surface area contributed by atoms with Crippen molar-refractivity contribution in [3.8, 4) is 0 Å². The van der Waals surface area contributed by atoms with Crippen LogP contribution in [-0.4, -0.2) is 18.5 Å². The van der Waals surface area contributed by atoms with Crippen molar-refractivity contribution >= 4 is 5.91 Å². The lowest BCUT2D eigenvalue weighted by Crippen LogP contribution is -2.48. The smallest absolute Gasteiger partial charge is 0.237 e. The van der Waals surface area contributed by atoms with Crippen molar-refractivity contribution < 1.29 is 13.6 Å². The van der Waals surface area contributed by atoms with Crippen molar-refractivity contribution in [2.75, 3.05) is 6.54 Å². The van der Waals surface area contributed by atoms with E-state index in [1.54, 1.807) is 0 Å². The fourth-order valence-corrected chi connectivity index (χ4v) is 2.11. The zero-order valence-corrected chi connectivity index (χ0v) is 10.2. The molecule has 1 amide bonds. The topological polar surface area (TPSA) is 41.1 Å². The summed E-state index contributed by atoms with van der Waals surface area (Å²) >= 11 is 0. The molecule has 1 aromatic rings. The molecule has 1 aromatic carbocycles. The van der Waals surface area contributed by atoms with Crippen LogP contribution in [0.2, 0.25) is 0 Å². The number of benzene rings is 1. The molecular weight excluding hydrogens is 238 g/mol. The Morgan fingerprint density at radius 3 is 2.83 bits per heavy atom. The van der Waals surface area contributed by atoms with Gasteiger partial charge in [-0.3, -0.25) is 10.1 Å². The Morgan fingerprint density at radius 1 is 1.39 bits per heavy atom. The third-order valence-electron chi connectivity index (χ3n) is 3.18. The predicted molar refractivity (Wildman–Crippen MR) is 63.9 cm³/mol. The lowest BCUT2D eigenvalue weighted by molar-refractivity contribution is -0.124. The molecule has 0 spiro atoms. The first kappa shape index (κ1) is 13.0. The van der Waals surface area contributed by atoms with Gasteiger partial charge in [-0.2, -0.15) is 0 Å². The van der Waals surface area contributed by atoms with E-state index in [1.165, 1.54) is 6.07 Å². The van der Waals surface area contributed by atoms with Crippen LogP contribution in [0.5, 0.6) is 0 Å². The van der Waals surface area contributed by atoms with Gasteiger partial charge in [-0.15, -0.1) is 0 Å². The molecule has 1 heterocycles. The average molecular weight is 254 g/mol. The third kappa shape index (κ3) is 2.85. The van der Waals surface area contributed by atoms with Crippen molar-refractivity contribution in [2.45, 2.75) is 31.8 Å². The largest absolute Gasteiger partial charge is 0.355 e. The summed E-state index contributed by atoms with van der Waals surface area (Å²) in [6.07, 6.45) is 1.69. The third-order valence-corrected chi connectivity index (χ3v) is 3.18. The molecule has 5 heteroatoms. The van der Waals surface area contributed by atoms with Crippen molar-refractivity contribution in [1.29, 1.82) is 0 Å². The molecule has 2 rings (SSSR count). The fourth-order valence-electron chi connectivity index (χ4n) is 2.11. The number of hydrogen-bond donors (Lipinski definition) is 2. The number of amides is 1. The number of nitrogens with one attached hydrogen (secondary N) is 2. The second-order valence-corrected chi connectivity index (χ2v) is 4.55. The van der Waals surface area contributed by atoms with E-state index in [0.29, 0.717) is 12.1 Å². The van der Waals surface area contributed by atoms with Crippen LogP contribution in [0.25, 0.3) is 0 Å². The molecule has 0 aromatic heterocycles. The standard InChI is InChI=1S/C13H16F2N2O/c1-8(9-4-5-10(14)11(15)7-9)17-12-3-2-6-16-13(12)18/h4-5,7-8,12,17H,2-3,6H2,1H3,(H,16,18). The number of halogens is 2. The molecule has 1 aliphatic heterocycles. The van der Waals surface area contributed by atoms with Crippen molar-refractivity contribution in [3.05, 3.63) is 35.4 Å². The normalized spacial score (nSPS) is 21.5. The number of hydrogen-bond acceptors (Lipinski definition) is 2. The highest BCUT2D eigenvalue weighted by molar-refractivity contribution is 5.82. The minimum Gasteiger partial charge on any atom is -0.355 e. The van der Waals surface area contributed by atoms with Crippen LogP contribution in [0.1, 0.15) is 31.4 Å². The summed E-state index contributed by atoms with van der Waals surface area (Å²) < 4.78 is 25.9. The first-order chi connectivity index (χ1) is 8.58. The van der Waals surface area contributed by atoms with Crippen LogP contribution >= 0.6 is 0 Å². The first-order valence-electron chi connectivity index (χ1n) is 6.06. The Labute approximate surface area is 105 Å². The maximum Gasteiger partial charge on any atom is 0.237 e. The highest BCUT2D eigenvalue weighted by atomic mass is 19.2. The first-order valence-corrected chi connectivity index (χ1v) is 6.06. The van der Waals surface area contributed by atoms with Crippen molar-refractivity contribution in [3.63, 3.8) is 0 Å². The molecule has 1 fully saturated rings. The Morgan fingerprint density at radius 2 is 2.17 bits per heavy atom. The van der Waals surface area contributed by atoms with Gasteiger partial charge < -0.3 is 5.32 Å². The van der Waals surface area contributed by atoms with Crippen LogP contribution in [-0.2, 0) is 4.79 Å². The Hall–Kier alpha value is -1.49. The van der Waals surface area contributed by atoms with Gasteiger partial charge in [-0.25, -0.2) is 8.78 Å². The molecule has 2 atom stereocenters. The molecule has 1 aliphatic rings. The molecule has 0 saturated carbocycles. The summed E-state index contributed by atoms with van der Waals surface area (Å²) in [6, 6.07) is 3.32. The zero-order chi connectivity index (χ0) is 13.1. The van der Waals surface area contributed by atoms with E-state index < -0.39 is 11.6 Å². The Balaban J connectivity index is 2.04. The number of rotatable bonds is 3. The van der Waals surface area contributed by atoms with Crippen LogP contribution in [0.4, 0.5) is 8.78 Å². The van der Waals surface area contributed by atoms with Crippen LogP contribution in [0, 0.1) is 11.6 Å².